The van der Waals surface area contributed by atoms with Crippen LogP contribution in [0.5, 0.6) is 0 Å². The third-order valence-electron chi connectivity index (χ3n) is 5.39. The van der Waals surface area contributed by atoms with Gasteiger partial charge in [0.2, 0.25) is 0 Å². The second-order valence-corrected chi connectivity index (χ2v) is 7.35. The summed E-state index contributed by atoms with van der Waals surface area (Å²) in [7, 11) is 1.92. The highest BCUT2D eigenvalue weighted by molar-refractivity contribution is 5.87. The van der Waals surface area contributed by atoms with Gasteiger partial charge in [-0.15, -0.1) is 0 Å². The smallest absolute Gasteiger partial charge is 0.163 e. The van der Waals surface area contributed by atoms with E-state index in [9.17, 15) is 0 Å². The van der Waals surface area contributed by atoms with Crippen LogP contribution in [0.15, 0.2) is 6.20 Å². The Morgan fingerprint density at radius 2 is 2.00 bits per heavy atom. The fourth-order valence-electron chi connectivity index (χ4n) is 3.97. The number of rotatable bonds is 6. The second-order valence-electron chi connectivity index (χ2n) is 7.35. The van der Waals surface area contributed by atoms with Gasteiger partial charge in [0.25, 0.3) is 0 Å². The van der Waals surface area contributed by atoms with Crippen molar-refractivity contribution in [2.45, 2.75) is 52.6 Å². The fourth-order valence-corrected chi connectivity index (χ4v) is 3.97. The van der Waals surface area contributed by atoms with E-state index < -0.39 is 0 Å². The molecule has 0 saturated carbocycles. The van der Waals surface area contributed by atoms with Gasteiger partial charge in [0.05, 0.1) is 17.3 Å². The summed E-state index contributed by atoms with van der Waals surface area (Å²) in [6.07, 6.45) is 6.24. The molecule has 1 aliphatic rings. The molecular formula is C19H28N8. The van der Waals surface area contributed by atoms with Gasteiger partial charge in [0.15, 0.2) is 5.65 Å². The van der Waals surface area contributed by atoms with E-state index in [-0.39, 0.29) is 0 Å². The molecule has 0 amide bonds. The number of nitrogens with two attached hydrogens (primary N) is 1. The van der Waals surface area contributed by atoms with Crippen LogP contribution in [-0.4, -0.2) is 42.6 Å². The van der Waals surface area contributed by atoms with Gasteiger partial charge in [0, 0.05) is 44.4 Å². The van der Waals surface area contributed by atoms with E-state index in [4.69, 9.17) is 15.8 Å². The molecule has 0 bridgehead atoms. The molecule has 0 saturated heterocycles. The number of anilines is 1. The second kappa shape index (κ2) is 7.26. The van der Waals surface area contributed by atoms with Crippen LogP contribution in [0, 0.1) is 13.8 Å². The van der Waals surface area contributed by atoms with Crippen LogP contribution in [0.3, 0.4) is 0 Å². The van der Waals surface area contributed by atoms with Crippen LogP contribution >= 0.6 is 0 Å². The molecule has 0 radical (unpaired) electrons. The zero-order valence-electron chi connectivity index (χ0n) is 16.4. The first-order valence-corrected chi connectivity index (χ1v) is 9.75. The van der Waals surface area contributed by atoms with Crippen molar-refractivity contribution in [1.82, 2.24) is 29.5 Å². The number of fused-ring (bicyclic) bond motifs is 2. The van der Waals surface area contributed by atoms with E-state index >= 15 is 0 Å². The molecule has 8 heteroatoms. The van der Waals surface area contributed by atoms with Crippen LogP contribution in [0.1, 0.15) is 42.0 Å². The number of hydrogen-bond acceptors (Lipinski definition) is 6. The maximum atomic E-state index is 5.60. The van der Waals surface area contributed by atoms with Crippen LogP contribution in [0.25, 0.3) is 11.0 Å². The number of aryl methyl sites for hydroxylation is 4. The van der Waals surface area contributed by atoms with Gasteiger partial charge in [-0.3, -0.25) is 9.36 Å². The molecule has 3 aromatic rings. The predicted molar refractivity (Wildman–Crippen MR) is 106 cm³/mol. The summed E-state index contributed by atoms with van der Waals surface area (Å²) in [5.41, 5.74) is 10.3. The topological polar surface area (TPSA) is 90.7 Å². The maximum Gasteiger partial charge on any atom is 0.163 e. The Hall–Kier alpha value is -2.48. The minimum atomic E-state index is 0.770. The summed E-state index contributed by atoms with van der Waals surface area (Å²) in [4.78, 5) is 11.6. The van der Waals surface area contributed by atoms with Gasteiger partial charge in [-0.1, -0.05) is 6.42 Å². The lowest BCUT2D eigenvalue weighted by molar-refractivity contribution is 0.519. The molecule has 27 heavy (non-hydrogen) atoms. The Kier molecular flexibility index (Phi) is 4.82. The lowest BCUT2D eigenvalue weighted by atomic mass is 10.1. The van der Waals surface area contributed by atoms with Gasteiger partial charge in [-0.05, 0) is 33.2 Å². The molecule has 0 unspecified atom stereocenters. The van der Waals surface area contributed by atoms with Crippen molar-refractivity contribution in [3.8, 4) is 0 Å². The first-order chi connectivity index (χ1) is 13.1. The Balaban J connectivity index is 1.60. The molecule has 1 aliphatic heterocycles. The van der Waals surface area contributed by atoms with Crippen molar-refractivity contribution in [2.75, 3.05) is 18.0 Å². The first-order valence-electron chi connectivity index (χ1n) is 9.75. The molecule has 0 aliphatic carbocycles. The van der Waals surface area contributed by atoms with Gasteiger partial charge in [-0.25, -0.2) is 9.97 Å². The first kappa shape index (κ1) is 17.9. The Bertz CT molecular complexity index is 954. The third-order valence-corrected chi connectivity index (χ3v) is 5.39. The molecular weight excluding hydrogens is 340 g/mol. The Morgan fingerprint density at radius 1 is 1.15 bits per heavy atom. The lowest BCUT2D eigenvalue weighted by Gasteiger charge is -2.29. The van der Waals surface area contributed by atoms with Crippen molar-refractivity contribution in [2.24, 2.45) is 12.8 Å². The molecule has 144 valence electrons. The van der Waals surface area contributed by atoms with Crippen molar-refractivity contribution >= 4 is 16.9 Å². The molecule has 0 aromatic carbocycles. The van der Waals surface area contributed by atoms with Crippen molar-refractivity contribution in [3.63, 3.8) is 0 Å². The predicted octanol–water partition coefficient (Wildman–Crippen LogP) is 1.87. The molecule has 0 spiro atoms. The maximum absolute atomic E-state index is 5.60. The summed E-state index contributed by atoms with van der Waals surface area (Å²) >= 11 is 0. The van der Waals surface area contributed by atoms with E-state index in [0.717, 1.165) is 80.2 Å². The van der Waals surface area contributed by atoms with Crippen LogP contribution in [0.4, 0.5) is 5.82 Å². The minimum Gasteiger partial charge on any atom is -0.351 e. The third kappa shape index (κ3) is 3.29. The standard InChI is InChI=1S/C19H28N8/c1-13-16-12-26(10-7-17(16)27(24-13)9-6-4-5-8-20)19-15-11-21-25(3)18(15)22-14(2)23-19/h11H,4-10,12,20H2,1-3H3. The minimum absolute atomic E-state index is 0.770. The van der Waals surface area contributed by atoms with E-state index in [1.165, 1.54) is 11.3 Å². The largest absolute Gasteiger partial charge is 0.351 e. The number of nitrogens with zero attached hydrogens (tertiary/aromatic N) is 7. The molecule has 0 fully saturated rings. The number of hydrogen-bond donors (Lipinski definition) is 1. The zero-order valence-corrected chi connectivity index (χ0v) is 16.4. The van der Waals surface area contributed by atoms with Gasteiger partial charge >= 0.3 is 0 Å². The van der Waals surface area contributed by atoms with Crippen molar-refractivity contribution in [3.05, 3.63) is 29.0 Å². The van der Waals surface area contributed by atoms with E-state index in [1.807, 2.05) is 24.9 Å². The van der Waals surface area contributed by atoms with Crippen LogP contribution in [-0.2, 0) is 26.6 Å². The summed E-state index contributed by atoms with van der Waals surface area (Å²) < 4.78 is 4.02. The average Bonchev–Trinajstić information content (AvgIpc) is 3.18. The molecule has 0 atom stereocenters. The van der Waals surface area contributed by atoms with Crippen molar-refractivity contribution in [1.29, 1.82) is 0 Å². The highest BCUT2D eigenvalue weighted by atomic mass is 15.3. The number of aromatic nitrogens is 6. The van der Waals surface area contributed by atoms with Crippen LogP contribution < -0.4 is 10.6 Å². The SMILES string of the molecule is Cc1nc(N2CCc3c(c(C)nn3CCCCCN)C2)c2cnn(C)c2n1. The van der Waals surface area contributed by atoms with Crippen molar-refractivity contribution < 1.29 is 0 Å². The van der Waals surface area contributed by atoms with E-state index in [2.05, 4.69) is 26.6 Å². The normalized spacial score (nSPS) is 14.1. The molecule has 8 nitrogen and oxygen atoms in total. The average molecular weight is 368 g/mol. The van der Waals surface area contributed by atoms with E-state index in [1.54, 1.807) is 0 Å². The quantitative estimate of drug-likeness (QED) is 0.668. The Morgan fingerprint density at radius 3 is 2.81 bits per heavy atom. The lowest BCUT2D eigenvalue weighted by Crippen LogP contribution is -2.32. The van der Waals surface area contributed by atoms with E-state index in [0.29, 0.717) is 0 Å². The van der Waals surface area contributed by atoms with Gasteiger partial charge in [-0.2, -0.15) is 10.2 Å². The molecule has 2 N–H and O–H groups in total. The Labute approximate surface area is 159 Å². The molecule has 4 heterocycles. The number of unbranched alkanes of at least 4 members (excludes halogenated alkanes) is 2. The highest BCUT2D eigenvalue weighted by Crippen LogP contribution is 2.30. The highest BCUT2D eigenvalue weighted by Gasteiger charge is 2.26. The summed E-state index contributed by atoms with van der Waals surface area (Å²) in [6, 6.07) is 0. The summed E-state index contributed by atoms with van der Waals surface area (Å²) in [5.74, 6) is 1.76. The zero-order chi connectivity index (χ0) is 19.0. The summed E-state index contributed by atoms with van der Waals surface area (Å²) in [5, 5.41) is 10.2. The summed E-state index contributed by atoms with van der Waals surface area (Å²) in [6.45, 7) is 7.58. The molecule has 3 aromatic heterocycles. The fraction of sp³-hybridized carbons (Fsp3) is 0.579. The molecule has 4 rings (SSSR count). The monoisotopic (exact) mass is 368 g/mol. The van der Waals surface area contributed by atoms with Crippen LogP contribution in [0.2, 0.25) is 0 Å². The van der Waals surface area contributed by atoms with Gasteiger partial charge in [0.1, 0.15) is 11.6 Å². The van der Waals surface area contributed by atoms with Gasteiger partial charge < -0.3 is 10.6 Å².